The van der Waals surface area contributed by atoms with E-state index in [9.17, 15) is 14.9 Å². The van der Waals surface area contributed by atoms with Gasteiger partial charge in [0.2, 0.25) is 0 Å². The van der Waals surface area contributed by atoms with Crippen LogP contribution in [0.2, 0.25) is 0 Å². The number of carbonyl (C=O) groups is 1. The Labute approximate surface area is 121 Å². The number of hydrogen-bond acceptors (Lipinski definition) is 7. The summed E-state index contributed by atoms with van der Waals surface area (Å²) < 4.78 is 4.89. The van der Waals surface area contributed by atoms with Crippen LogP contribution in [0.3, 0.4) is 0 Å². The molecule has 0 aliphatic carbocycles. The summed E-state index contributed by atoms with van der Waals surface area (Å²) in [5.74, 6) is 4.67. The molecule has 1 rings (SSSR count). The first-order valence-corrected chi connectivity index (χ1v) is 6.19. The zero-order valence-corrected chi connectivity index (χ0v) is 11.6. The van der Waals surface area contributed by atoms with Gasteiger partial charge in [-0.05, 0) is 12.1 Å². The van der Waals surface area contributed by atoms with E-state index < -0.39 is 16.5 Å². The molecule has 0 heterocycles. The maximum Gasteiger partial charge on any atom is 0.306 e. The molecule has 0 saturated heterocycles. The first kappa shape index (κ1) is 16.8. The fraction of sp³-hybridized carbons (Fsp3) is 0.417. The smallest absolute Gasteiger partial charge is 0.306 e. The number of nitro benzene ring substituents is 1. The van der Waals surface area contributed by atoms with Crippen LogP contribution < -0.4 is 11.3 Å². The summed E-state index contributed by atoms with van der Waals surface area (Å²) in [6.07, 6.45) is 0. The lowest BCUT2D eigenvalue weighted by Crippen LogP contribution is -2.36. The molecule has 0 bridgehead atoms. The van der Waals surface area contributed by atoms with Gasteiger partial charge in [-0.3, -0.25) is 20.8 Å². The van der Waals surface area contributed by atoms with Gasteiger partial charge >= 0.3 is 5.69 Å². The van der Waals surface area contributed by atoms with Crippen LogP contribution in [0.25, 0.3) is 0 Å². The van der Waals surface area contributed by atoms with Crippen molar-refractivity contribution in [3.8, 4) is 0 Å². The number of hydrazine groups is 1. The number of aliphatic hydroxyl groups is 1. The Morgan fingerprint density at radius 2 is 2.24 bits per heavy atom. The normalized spacial score (nSPS) is 10.2. The average molecular weight is 298 g/mol. The third-order valence-electron chi connectivity index (χ3n) is 2.83. The summed E-state index contributed by atoms with van der Waals surface area (Å²) in [4.78, 5) is 24.2. The predicted molar refractivity (Wildman–Crippen MR) is 75.8 cm³/mol. The molecule has 21 heavy (non-hydrogen) atoms. The number of nitro groups is 1. The van der Waals surface area contributed by atoms with Gasteiger partial charge in [-0.15, -0.1) is 0 Å². The lowest BCUT2D eigenvalue weighted by atomic mass is 10.1. The molecule has 0 spiro atoms. The van der Waals surface area contributed by atoms with E-state index in [1.54, 1.807) is 0 Å². The zero-order valence-electron chi connectivity index (χ0n) is 11.6. The Hall–Kier alpha value is -2.23. The quantitative estimate of drug-likeness (QED) is 0.348. The minimum atomic E-state index is -0.671. The Kier molecular flexibility index (Phi) is 6.53. The first-order valence-electron chi connectivity index (χ1n) is 6.19. The fourth-order valence-electron chi connectivity index (χ4n) is 1.84. The number of hydrogen-bond donors (Lipinski definition) is 3. The number of nitrogens with two attached hydrogens (primary N) is 1. The maximum atomic E-state index is 12.4. The number of ether oxygens (including phenoxy) is 1. The molecule has 0 aromatic heterocycles. The van der Waals surface area contributed by atoms with E-state index in [0.717, 1.165) is 0 Å². The number of amides is 1. The molecule has 9 heteroatoms. The first-order chi connectivity index (χ1) is 10.1. The van der Waals surface area contributed by atoms with Gasteiger partial charge in [0, 0.05) is 20.2 Å². The molecule has 1 aromatic carbocycles. The minimum Gasteiger partial charge on any atom is -0.395 e. The third kappa shape index (κ3) is 4.12. The molecule has 0 atom stereocenters. The summed E-state index contributed by atoms with van der Waals surface area (Å²) in [7, 11) is 1.48. The van der Waals surface area contributed by atoms with Gasteiger partial charge in [0.05, 0.1) is 18.1 Å². The molecule has 0 unspecified atom stereocenters. The van der Waals surface area contributed by atoms with Crippen molar-refractivity contribution in [3.05, 3.63) is 33.9 Å². The molecular weight excluding hydrogens is 280 g/mol. The monoisotopic (exact) mass is 298 g/mol. The number of benzene rings is 1. The Morgan fingerprint density at radius 3 is 2.76 bits per heavy atom. The second-order valence-electron chi connectivity index (χ2n) is 4.11. The summed E-state index contributed by atoms with van der Waals surface area (Å²) >= 11 is 0. The van der Waals surface area contributed by atoms with E-state index in [-0.39, 0.29) is 37.6 Å². The van der Waals surface area contributed by atoms with Crippen molar-refractivity contribution in [2.24, 2.45) is 5.84 Å². The van der Waals surface area contributed by atoms with Crippen molar-refractivity contribution in [2.75, 3.05) is 38.8 Å². The van der Waals surface area contributed by atoms with E-state index in [4.69, 9.17) is 15.7 Å². The Bertz CT molecular complexity index is 508. The summed E-state index contributed by atoms with van der Waals surface area (Å²) in [6, 6.07) is 4.24. The van der Waals surface area contributed by atoms with E-state index in [2.05, 4.69) is 5.43 Å². The highest BCUT2D eigenvalue weighted by Crippen LogP contribution is 2.28. The topological polar surface area (TPSA) is 131 Å². The number of rotatable bonds is 8. The minimum absolute atomic E-state index is 0.0431. The second-order valence-corrected chi connectivity index (χ2v) is 4.11. The number of anilines is 1. The van der Waals surface area contributed by atoms with Gasteiger partial charge in [-0.1, -0.05) is 6.07 Å². The number of methoxy groups -OCH3 is 1. The van der Waals surface area contributed by atoms with Crippen molar-refractivity contribution >= 4 is 17.3 Å². The molecule has 1 aromatic rings. The van der Waals surface area contributed by atoms with Crippen LogP contribution >= 0.6 is 0 Å². The number of carbonyl (C=O) groups excluding carboxylic acids is 1. The molecule has 0 aliphatic heterocycles. The van der Waals surface area contributed by atoms with Crippen LogP contribution in [0.15, 0.2) is 18.2 Å². The number of nitrogens with one attached hydrogen (secondary N) is 1. The van der Waals surface area contributed by atoms with Crippen LogP contribution in [0.4, 0.5) is 11.4 Å². The van der Waals surface area contributed by atoms with Gasteiger partial charge < -0.3 is 20.2 Å². The van der Waals surface area contributed by atoms with Crippen LogP contribution in [-0.4, -0.2) is 54.3 Å². The Morgan fingerprint density at radius 1 is 1.52 bits per heavy atom. The average Bonchev–Trinajstić information content (AvgIpc) is 2.49. The largest absolute Gasteiger partial charge is 0.395 e. The van der Waals surface area contributed by atoms with Gasteiger partial charge in [0.1, 0.15) is 11.3 Å². The maximum absolute atomic E-state index is 12.4. The highest BCUT2D eigenvalue weighted by atomic mass is 16.6. The number of para-hydroxylation sites is 1. The molecule has 0 aliphatic rings. The lowest BCUT2D eigenvalue weighted by Gasteiger charge is -2.21. The van der Waals surface area contributed by atoms with Crippen LogP contribution in [0.5, 0.6) is 0 Å². The molecule has 0 radical (unpaired) electrons. The van der Waals surface area contributed by atoms with Gasteiger partial charge in [0.15, 0.2) is 0 Å². The van der Waals surface area contributed by atoms with E-state index in [1.165, 1.54) is 30.2 Å². The highest BCUT2D eigenvalue weighted by molar-refractivity contribution is 6.00. The fourth-order valence-corrected chi connectivity index (χ4v) is 1.84. The zero-order chi connectivity index (χ0) is 15.8. The molecular formula is C12H18N4O5. The predicted octanol–water partition coefficient (Wildman–Crippen LogP) is -0.0387. The molecule has 9 nitrogen and oxygen atoms in total. The van der Waals surface area contributed by atoms with Gasteiger partial charge in [0.25, 0.3) is 5.91 Å². The van der Waals surface area contributed by atoms with Crippen molar-refractivity contribution in [3.63, 3.8) is 0 Å². The van der Waals surface area contributed by atoms with Crippen molar-refractivity contribution < 1.29 is 19.6 Å². The molecule has 0 fully saturated rings. The number of nitrogen functional groups attached to an aromatic ring is 1. The number of nitrogens with zero attached hydrogens (tertiary/aromatic N) is 2. The van der Waals surface area contributed by atoms with Crippen LogP contribution in [0.1, 0.15) is 10.4 Å². The standard InChI is InChI=1S/C12H18N4O5/c1-21-8-6-15(5-7-17)12(18)9-3-2-4-10(14-13)11(9)16(19)20/h2-4,14,17H,5-8,13H2,1H3. The van der Waals surface area contributed by atoms with E-state index in [1.807, 2.05) is 0 Å². The molecule has 4 N–H and O–H groups in total. The SMILES string of the molecule is COCCN(CCO)C(=O)c1cccc(NN)c1[N+](=O)[O-]. The summed E-state index contributed by atoms with van der Waals surface area (Å²) in [6.45, 7) is 0.277. The van der Waals surface area contributed by atoms with Crippen molar-refractivity contribution in [1.82, 2.24) is 4.90 Å². The highest BCUT2D eigenvalue weighted by Gasteiger charge is 2.27. The van der Waals surface area contributed by atoms with Crippen LogP contribution in [-0.2, 0) is 4.74 Å². The lowest BCUT2D eigenvalue weighted by molar-refractivity contribution is -0.384. The molecule has 0 saturated carbocycles. The number of aliphatic hydroxyl groups excluding tert-OH is 1. The summed E-state index contributed by atoms with van der Waals surface area (Å²) in [5, 5.41) is 20.2. The van der Waals surface area contributed by atoms with E-state index >= 15 is 0 Å². The molecule has 1 amide bonds. The van der Waals surface area contributed by atoms with Gasteiger partial charge in [-0.25, -0.2) is 0 Å². The molecule has 116 valence electrons. The third-order valence-corrected chi connectivity index (χ3v) is 2.83. The van der Waals surface area contributed by atoms with Crippen molar-refractivity contribution in [2.45, 2.75) is 0 Å². The summed E-state index contributed by atoms with van der Waals surface area (Å²) in [5.41, 5.74) is 1.75. The van der Waals surface area contributed by atoms with E-state index in [0.29, 0.717) is 0 Å². The second kappa shape index (κ2) is 8.15. The van der Waals surface area contributed by atoms with Crippen molar-refractivity contribution in [1.29, 1.82) is 0 Å². The van der Waals surface area contributed by atoms with Gasteiger partial charge in [-0.2, -0.15) is 0 Å². The van der Waals surface area contributed by atoms with Crippen LogP contribution in [0, 0.1) is 10.1 Å². The Balaban J connectivity index is 3.17.